The van der Waals surface area contributed by atoms with Gasteiger partial charge in [-0.2, -0.15) is 0 Å². The number of carbonyl (C=O) groups excluding carboxylic acids is 2. The van der Waals surface area contributed by atoms with Gasteiger partial charge in [-0.1, -0.05) is 264 Å². The number of amides is 1. The van der Waals surface area contributed by atoms with Crippen LogP contribution in [0.5, 0.6) is 0 Å². The van der Waals surface area contributed by atoms with Gasteiger partial charge >= 0.3 is 5.97 Å². The first-order valence-electron chi connectivity index (χ1n) is 27.9. The van der Waals surface area contributed by atoms with Crippen molar-refractivity contribution in [3.05, 3.63) is 12.2 Å². The van der Waals surface area contributed by atoms with Crippen molar-refractivity contribution in [1.29, 1.82) is 0 Å². The number of nitrogens with one attached hydrogen (secondary N) is 1. The number of unbranched alkanes of at least 4 members (excludes halogenated alkanes) is 37. The third-order valence-electron chi connectivity index (χ3n) is 13.1. The minimum atomic E-state index is -0.789. The van der Waals surface area contributed by atoms with Gasteiger partial charge in [0, 0.05) is 6.42 Å². The van der Waals surface area contributed by atoms with Gasteiger partial charge in [0.25, 0.3) is 0 Å². The lowest BCUT2D eigenvalue weighted by atomic mass is 10.0. The van der Waals surface area contributed by atoms with Crippen LogP contribution in [0.2, 0.25) is 0 Å². The van der Waals surface area contributed by atoms with Crippen molar-refractivity contribution in [3.63, 3.8) is 0 Å². The number of rotatable bonds is 51. The second-order valence-corrected chi connectivity index (χ2v) is 19.3. The molecule has 0 spiro atoms. The quantitative estimate of drug-likeness (QED) is 0.0321. The molecule has 0 heterocycles. The fourth-order valence-corrected chi connectivity index (χ4v) is 8.85. The van der Waals surface area contributed by atoms with E-state index in [1.165, 1.54) is 212 Å². The lowest BCUT2D eigenvalue weighted by Crippen LogP contribution is -2.46. The van der Waals surface area contributed by atoms with Gasteiger partial charge in [-0.15, -0.1) is 0 Å². The number of ether oxygens (including phenoxy) is 1. The summed E-state index contributed by atoms with van der Waals surface area (Å²) in [4.78, 5) is 26.2. The maximum Gasteiger partial charge on any atom is 0.306 e. The topological polar surface area (TPSA) is 95.9 Å². The van der Waals surface area contributed by atoms with Gasteiger partial charge < -0.3 is 20.3 Å². The molecular formula is C56H109NO5. The summed E-state index contributed by atoms with van der Waals surface area (Å²) >= 11 is 0. The molecule has 0 radical (unpaired) electrons. The molecule has 0 saturated carbocycles. The zero-order chi connectivity index (χ0) is 45.2. The summed E-state index contributed by atoms with van der Waals surface area (Å²) < 4.78 is 5.93. The molecule has 0 saturated heterocycles. The monoisotopic (exact) mass is 876 g/mol. The molecule has 0 rings (SSSR count). The van der Waals surface area contributed by atoms with E-state index in [1.807, 2.05) is 0 Å². The van der Waals surface area contributed by atoms with Crippen molar-refractivity contribution in [2.75, 3.05) is 6.61 Å². The Labute approximate surface area is 387 Å². The standard InChI is InChI=1S/C56H109NO5/c1-4-7-10-13-16-19-22-24-26-28-30-33-36-39-42-45-48-54(59)53(51-58)57-55(60)50-52(47-44-41-38-35-32-21-18-15-12-9-6-3)62-56(61)49-46-43-40-37-34-31-29-27-25-23-20-17-14-11-8-5-2/h35,38,52-54,58-59H,4-34,36-37,39-51H2,1-3H3,(H,57,60)/b38-35-. The highest BCUT2D eigenvalue weighted by Crippen LogP contribution is 2.18. The predicted octanol–water partition coefficient (Wildman–Crippen LogP) is 16.9. The van der Waals surface area contributed by atoms with Crippen LogP contribution in [0.15, 0.2) is 12.2 Å². The van der Waals surface area contributed by atoms with E-state index >= 15 is 0 Å². The first kappa shape index (κ1) is 60.6. The Kier molecular flexibility index (Phi) is 49.5. The van der Waals surface area contributed by atoms with Gasteiger partial charge in [0.05, 0.1) is 25.2 Å². The molecule has 0 bridgehead atoms. The average Bonchev–Trinajstić information content (AvgIpc) is 3.26. The van der Waals surface area contributed by atoms with Crippen molar-refractivity contribution in [2.45, 2.75) is 328 Å². The van der Waals surface area contributed by atoms with Gasteiger partial charge in [-0.3, -0.25) is 9.59 Å². The van der Waals surface area contributed by atoms with Gasteiger partial charge in [-0.25, -0.2) is 0 Å². The van der Waals surface area contributed by atoms with Gasteiger partial charge in [0.15, 0.2) is 0 Å². The van der Waals surface area contributed by atoms with Crippen LogP contribution in [0.3, 0.4) is 0 Å². The van der Waals surface area contributed by atoms with Crippen LogP contribution in [0.25, 0.3) is 0 Å². The molecule has 3 atom stereocenters. The molecule has 0 aromatic carbocycles. The Bertz CT molecular complexity index is 939. The predicted molar refractivity (Wildman–Crippen MR) is 269 cm³/mol. The summed E-state index contributed by atoms with van der Waals surface area (Å²) in [5.74, 6) is -0.483. The number of hydrogen-bond acceptors (Lipinski definition) is 5. The van der Waals surface area contributed by atoms with Gasteiger partial charge in [-0.05, 0) is 44.9 Å². The van der Waals surface area contributed by atoms with Crippen LogP contribution in [0, 0.1) is 0 Å². The molecule has 6 heteroatoms. The van der Waals surface area contributed by atoms with Crippen LogP contribution >= 0.6 is 0 Å². The lowest BCUT2D eigenvalue weighted by Gasteiger charge is -2.24. The maximum atomic E-state index is 13.2. The lowest BCUT2D eigenvalue weighted by molar-refractivity contribution is -0.151. The molecule has 0 aromatic heterocycles. The summed E-state index contributed by atoms with van der Waals surface area (Å²) in [6.07, 6.45) is 57.1. The van der Waals surface area contributed by atoms with E-state index in [2.05, 4.69) is 38.2 Å². The van der Waals surface area contributed by atoms with Crippen LogP contribution in [0.4, 0.5) is 0 Å². The zero-order valence-corrected chi connectivity index (χ0v) is 42.0. The van der Waals surface area contributed by atoms with Crippen molar-refractivity contribution in [3.8, 4) is 0 Å². The minimum Gasteiger partial charge on any atom is -0.462 e. The number of aliphatic hydroxyl groups excluding tert-OH is 2. The molecule has 3 unspecified atom stereocenters. The molecule has 0 aliphatic rings. The fraction of sp³-hybridized carbons (Fsp3) is 0.929. The van der Waals surface area contributed by atoms with Crippen molar-refractivity contribution in [2.24, 2.45) is 0 Å². The molecule has 368 valence electrons. The van der Waals surface area contributed by atoms with Crippen LogP contribution in [0.1, 0.15) is 310 Å². The van der Waals surface area contributed by atoms with E-state index in [0.29, 0.717) is 19.3 Å². The molecule has 62 heavy (non-hydrogen) atoms. The van der Waals surface area contributed by atoms with Crippen molar-refractivity contribution in [1.82, 2.24) is 5.32 Å². The second kappa shape index (κ2) is 50.6. The summed E-state index contributed by atoms with van der Waals surface area (Å²) in [6.45, 7) is 6.50. The van der Waals surface area contributed by atoms with E-state index in [9.17, 15) is 19.8 Å². The van der Waals surface area contributed by atoms with E-state index in [0.717, 1.165) is 51.4 Å². The molecule has 1 amide bonds. The molecule has 6 nitrogen and oxygen atoms in total. The molecule has 0 aliphatic heterocycles. The van der Waals surface area contributed by atoms with E-state index in [1.54, 1.807) is 0 Å². The highest BCUT2D eigenvalue weighted by atomic mass is 16.5. The van der Waals surface area contributed by atoms with Crippen LogP contribution in [-0.4, -0.2) is 46.9 Å². The minimum absolute atomic E-state index is 0.0639. The summed E-state index contributed by atoms with van der Waals surface area (Å²) in [5.41, 5.74) is 0. The van der Waals surface area contributed by atoms with Gasteiger partial charge in [0.2, 0.25) is 5.91 Å². The number of esters is 1. The molecule has 0 aromatic rings. The van der Waals surface area contributed by atoms with Crippen LogP contribution in [-0.2, 0) is 14.3 Å². The number of allylic oxidation sites excluding steroid dienone is 2. The smallest absolute Gasteiger partial charge is 0.306 e. The normalized spacial score (nSPS) is 13.2. The van der Waals surface area contributed by atoms with Crippen LogP contribution < -0.4 is 5.32 Å². The largest absolute Gasteiger partial charge is 0.462 e. The summed E-state index contributed by atoms with van der Waals surface area (Å²) in [5, 5.41) is 23.8. The molecule has 0 aliphatic carbocycles. The second-order valence-electron chi connectivity index (χ2n) is 19.3. The van der Waals surface area contributed by atoms with Crippen molar-refractivity contribution >= 4 is 11.9 Å². The third-order valence-corrected chi connectivity index (χ3v) is 13.1. The van der Waals surface area contributed by atoms with E-state index < -0.39 is 18.2 Å². The van der Waals surface area contributed by atoms with E-state index in [-0.39, 0.29) is 24.9 Å². The van der Waals surface area contributed by atoms with Crippen molar-refractivity contribution < 1.29 is 24.5 Å². The first-order valence-corrected chi connectivity index (χ1v) is 27.9. The summed E-state index contributed by atoms with van der Waals surface area (Å²) in [7, 11) is 0. The van der Waals surface area contributed by atoms with E-state index in [4.69, 9.17) is 4.74 Å². The Morgan fingerprint density at radius 2 is 0.790 bits per heavy atom. The number of aliphatic hydroxyl groups is 2. The summed E-state index contributed by atoms with van der Waals surface area (Å²) in [6, 6.07) is -0.704. The molecular weight excluding hydrogens is 767 g/mol. The Balaban J connectivity index is 4.45. The average molecular weight is 876 g/mol. The third kappa shape index (κ3) is 45.2. The number of hydrogen-bond donors (Lipinski definition) is 3. The molecule has 3 N–H and O–H groups in total. The first-order chi connectivity index (χ1) is 30.5. The Hall–Kier alpha value is -1.40. The van der Waals surface area contributed by atoms with Gasteiger partial charge in [0.1, 0.15) is 6.10 Å². The fourth-order valence-electron chi connectivity index (χ4n) is 8.85. The Morgan fingerprint density at radius 1 is 0.452 bits per heavy atom. The number of carbonyl (C=O) groups is 2. The highest BCUT2D eigenvalue weighted by Gasteiger charge is 2.24. The maximum absolute atomic E-state index is 13.2. The highest BCUT2D eigenvalue weighted by molar-refractivity contribution is 5.77. The SMILES string of the molecule is CCCCCCCC/C=C\CCCC(CC(=O)NC(CO)C(O)CCCCCCCCCCCCCCCCCC)OC(=O)CCCCCCCCCCCCCCCCCC. The zero-order valence-electron chi connectivity index (χ0n) is 42.0. The molecule has 0 fully saturated rings. The Morgan fingerprint density at radius 3 is 1.18 bits per heavy atom.